The van der Waals surface area contributed by atoms with E-state index in [1.807, 2.05) is 59.5 Å². The lowest BCUT2D eigenvalue weighted by Crippen LogP contribution is -2.45. The topological polar surface area (TPSA) is 49.4 Å². The molecule has 1 aliphatic heterocycles. The molecule has 2 aromatic carbocycles. The summed E-state index contributed by atoms with van der Waals surface area (Å²) in [4.78, 5) is 27.2. The molecule has 1 N–H and O–H groups in total. The van der Waals surface area contributed by atoms with Crippen molar-refractivity contribution < 1.29 is 9.59 Å². The summed E-state index contributed by atoms with van der Waals surface area (Å²) < 4.78 is 0. The minimum absolute atomic E-state index is 0.0807. The lowest BCUT2D eigenvalue weighted by molar-refractivity contribution is -0.126. The summed E-state index contributed by atoms with van der Waals surface area (Å²) in [6.07, 6.45) is 3.67. The second-order valence-electron chi connectivity index (χ2n) is 8.17. The highest BCUT2D eigenvalue weighted by Crippen LogP contribution is 2.48. The van der Waals surface area contributed by atoms with Gasteiger partial charge in [0.05, 0.1) is 5.41 Å². The highest BCUT2D eigenvalue weighted by atomic mass is 35.5. The normalized spacial score (nSPS) is 19.4. The zero-order chi connectivity index (χ0) is 21.0. The van der Waals surface area contributed by atoms with E-state index in [1.54, 1.807) is 0 Å². The fourth-order valence-electron chi connectivity index (χ4n) is 4.09. The van der Waals surface area contributed by atoms with Gasteiger partial charge < -0.3 is 10.2 Å². The predicted octanol–water partition coefficient (Wildman–Crippen LogP) is 3.78. The predicted molar refractivity (Wildman–Crippen MR) is 118 cm³/mol. The standard InChI is InChI=1S/C25H25ClN2O2/c26-22-11-9-21(10-12-22)25(14-15-25)24(30)27-17-20-7-4-16-28(18-20)23(29)13-8-19-5-2-1-3-6-19/h1-3,5-6,9-12,20H,4,7,14-18H2,(H,27,30)/t20-/m0/s1. The number of halogens is 1. The van der Waals surface area contributed by atoms with E-state index in [-0.39, 0.29) is 17.7 Å². The zero-order valence-electron chi connectivity index (χ0n) is 16.9. The van der Waals surface area contributed by atoms with Crippen LogP contribution in [-0.2, 0) is 15.0 Å². The molecule has 0 unspecified atom stereocenters. The molecule has 1 saturated heterocycles. The zero-order valence-corrected chi connectivity index (χ0v) is 17.6. The Morgan fingerprint density at radius 1 is 1.10 bits per heavy atom. The summed E-state index contributed by atoms with van der Waals surface area (Å²) >= 11 is 5.98. The van der Waals surface area contributed by atoms with Gasteiger partial charge >= 0.3 is 0 Å². The smallest absolute Gasteiger partial charge is 0.298 e. The average molecular weight is 421 g/mol. The molecule has 4 rings (SSSR count). The minimum Gasteiger partial charge on any atom is -0.355 e. The molecule has 2 aromatic rings. The Balaban J connectivity index is 1.31. The Morgan fingerprint density at radius 2 is 1.83 bits per heavy atom. The number of carbonyl (C=O) groups is 2. The molecule has 0 bridgehead atoms. The van der Waals surface area contributed by atoms with Crippen molar-refractivity contribution >= 4 is 23.4 Å². The first-order valence-corrected chi connectivity index (χ1v) is 10.8. The van der Waals surface area contributed by atoms with Gasteiger partial charge in [-0.1, -0.05) is 47.9 Å². The Labute approximate surface area is 182 Å². The van der Waals surface area contributed by atoms with Gasteiger partial charge in [0, 0.05) is 36.1 Å². The van der Waals surface area contributed by atoms with Crippen LogP contribution in [0.2, 0.25) is 5.02 Å². The van der Waals surface area contributed by atoms with Gasteiger partial charge in [-0.25, -0.2) is 0 Å². The lowest BCUT2D eigenvalue weighted by Gasteiger charge is -2.32. The summed E-state index contributed by atoms with van der Waals surface area (Å²) in [5.74, 6) is 5.88. The number of rotatable bonds is 4. The van der Waals surface area contributed by atoms with Crippen molar-refractivity contribution in [3.63, 3.8) is 0 Å². The molecule has 1 aliphatic carbocycles. The summed E-state index contributed by atoms with van der Waals surface area (Å²) in [5, 5.41) is 3.82. The first-order chi connectivity index (χ1) is 14.6. The molecule has 0 aromatic heterocycles. The fourth-order valence-corrected chi connectivity index (χ4v) is 4.22. The van der Waals surface area contributed by atoms with Gasteiger partial charge in [0.2, 0.25) is 5.91 Å². The largest absolute Gasteiger partial charge is 0.355 e. The molecule has 0 radical (unpaired) electrons. The number of hydrogen-bond donors (Lipinski definition) is 1. The maximum Gasteiger partial charge on any atom is 0.298 e. The fraction of sp³-hybridized carbons (Fsp3) is 0.360. The summed E-state index contributed by atoms with van der Waals surface area (Å²) in [5.41, 5.74) is 1.46. The van der Waals surface area contributed by atoms with E-state index in [9.17, 15) is 9.59 Å². The Bertz CT molecular complexity index is 972. The Morgan fingerprint density at radius 3 is 2.53 bits per heavy atom. The second kappa shape index (κ2) is 8.93. The number of hydrogen-bond acceptors (Lipinski definition) is 2. The van der Waals surface area contributed by atoms with Crippen molar-refractivity contribution in [3.05, 3.63) is 70.7 Å². The SMILES string of the molecule is O=C(C#Cc1ccccc1)N1CCC[C@@H](CNC(=O)C2(c3ccc(Cl)cc3)CC2)C1. The third kappa shape index (κ3) is 4.68. The molecular weight excluding hydrogens is 396 g/mol. The van der Waals surface area contributed by atoms with Gasteiger partial charge in [-0.05, 0) is 61.4 Å². The van der Waals surface area contributed by atoms with E-state index in [0.29, 0.717) is 18.1 Å². The summed E-state index contributed by atoms with van der Waals surface area (Å²) in [7, 11) is 0. The molecule has 4 nitrogen and oxygen atoms in total. The number of likely N-dealkylation sites (tertiary alicyclic amines) is 1. The van der Waals surface area contributed by atoms with Crippen LogP contribution in [0.25, 0.3) is 0 Å². The molecule has 2 aliphatic rings. The monoisotopic (exact) mass is 420 g/mol. The van der Waals surface area contributed by atoms with Crippen molar-refractivity contribution in [2.24, 2.45) is 5.92 Å². The van der Waals surface area contributed by atoms with Gasteiger partial charge in [-0.3, -0.25) is 9.59 Å². The van der Waals surface area contributed by atoms with Gasteiger partial charge in [0.25, 0.3) is 5.91 Å². The maximum atomic E-state index is 12.9. The van der Waals surface area contributed by atoms with Crippen LogP contribution in [0.5, 0.6) is 0 Å². The number of amides is 2. The average Bonchev–Trinajstić information content (AvgIpc) is 3.59. The van der Waals surface area contributed by atoms with E-state index in [4.69, 9.17) is 11.6 Å². The molecule has 1 heterocycles. The molecule has 1 saturated carbocycles. The molecule has 5 heteroatoms. The Hall–Kier alpha value is -2.77. The number of benzene rings is 2. The number of nitrogens with zero attached hydrogens (tertiary/aromatic N) is 1. The van der Waals surface area contributed by atoms with Crippen molar-refractivity contribution in [3.8, 4) is 11.8 Å². The second-order valence-corrected chi connectivity index (χ2v) is 8.61. The van der Waals surface area contributed by atoms with E-state index >= 15 is 0 Å². The van der Waals surface area contributed by atoms with Crippen molar-refractivity contribution in [1.29, 1.82) is 0 Å². The van der Waals surface area contributed by atoms with Crippen molar-refractivity contribution in [2.45, 2.75) is 31.1 Å². The molecule has 30 heavy (non-hydrogen) atoms. The van der Waals surface area contributed by atoms with Crippen LogP contribution in [0.1, 0.15) is 36.8 Å². The third-order valence-electron chi connectivity index (χ3n) is 6.03. The van der Waals surface area contributed by atoms with Gasteiger partial charge in [0.15, 0.2) is 0 Å². The first-order valence-electron chi connectivity index (χ1n) is 10.5. The summed E-state index contributed by atoms with van der Waals surface area (Å²) in [6.45, 7) is 1.95. The van der Waals surface area contributed by atoms with Gasteiger partial charge in [0.1, 0.15) is 0 Å². The molecule has 2 fully saturated rings. The van der Waals surface area contributed by atoms with Crippen LogP contribution >= 0.6 is 11.6 Å². The van der Waals surface area contributed by atoms with Crippen LogP contribution in [0.4, 0.5) is 0 Å². The lowest BCUT2D eigenvalue weighted by atomic mass is 9.93. The highest BCUT2D eigenvalue weighted by Gasteiger charge is 2.51. The van der Waals surface area contributed by atoms with Gasteiger partial charge in [-0.15, -0.1) is 0 Å². The molecule has 1 atom stereocenters. The van der Waals surface area contributed by atoms with Crippen LogP contribution in [0.3, 0.4) is 0 Å². The van der Waals surface area contributed by atoms with Crippen LogP contribution < -0.4 is 5.32 Å². The summed E-state index contributed by atoms with van der Waals surface area (Å²) in [6, 6.07) is 17.1. The van der Waals surface area contributed by atoms with E-state index < -0.39 is 5.41 Å². The van der Waals surface area contributed by atoms with Gasteiger partial charge in [-0.2, -0.15) is 0 Å². The molecule has 154 valence electrons. The highest BCUT2D eigenvalue weighted by molar-refractivity contribution is 6.30. The van der Waals surface area contributed by atoms with Crippen LogP contribution in [-0.4, -0.2) is 36.3 Å². The quantitative estimate of drug-likeness (QED) is 0.765. The van der Waals surface area contributed by atoms with E-state index in [1.165, 1.54) is 0 Å². The number of piperidine rings is 1. The van der Waals surface area contributed by atoms with Crippen LogP contribution in [0, 0.1) is 17.8 Å². The maximum absolute atomic E-state index is 12.9. The van der Waals surface area contributed by atoms with E-state index in [0.717, 1.165) is 43.4 Å². The minimum atomic E-state index is -0.407. The van der Waals surface area contributed by atoms with Crippen molar-refractivity contribution in [2.75, 3.05) is 19.6 Å². The number of carbonyl (C=O) groups excluding carboxylic acids is 2. The molecule has 2 amide bonds. The van der Waals surface area contributed by atoms with E-state index in [2.05, 4.69) is 17.2 Å². The number of nitrogens with one attached hydrogen (secondary N) is 1. The first kappa shape index (κ1) is 20.5. The van der Waals surface area contributed by atoms with Crippen LogP contribution in [0.15, 0.2) is 54.6 Å². The molecule has 0 spiro atoms. The third-order valence-corrected chi connectivity index (χ3v) is 6.28. The van der Waals surface area contributed by atoms with Crippen molar-refractivity contribution in [1.82, 2.24) is 10.2 Å². The molecular formula is C25H25ClN2O2. The Kier molecular flexibility index (Phi) is 6.11.